The normalized spacial score (nSPS) is 15.0. The minimum atomic E-state index is -1.25. The van der Waals surface area contributed by atoms with E-state index in [9.17, 15) is 24.5 Å². The smallest absolute Gasteiger partial charge is 0.320 e. The average molecular weight is 293 g/mol. The molecule has 110 valence electrons. The van der Waals surface area contributed by atoms with Crippen LogP contribution in [0.15, 0.2) is 18.2 Å². The highest BCUT2D eigenvalue weighted by molar-refractivity contribution is 6.23. The average Bonchev–Trinajstić information content (AvgIpc) is 2.68. The van der Waals surface area contributed by atoms with Gasteiger partial charge in [-0.2, -0.15) is 0 Å². The number of nitrogens with two attached hydrogens (primary N) is 1. The van der Waals surface area contributed by atoms with E-state index in [0.717, 1.165) is 11.0 Å². The molecule has 21 heavy (non-hydrogen) atoms. The molecule has 3 N–H and O–H groups in total. The van der Waals surface area contributed by atoms with E-state index in [1.165, 1.54) is 12.1 Å². The largest absolute Gasteiger partial charge is 0.480 e. The van der Waals surface area contributed by atoms with E-state index in [2.05, 4.69) is 0 Å². The number of amides is 2. The second kappa shape index (κ2) is 5.29. The molecule has 9 heteroatoms. The Kier molecular flexibility index (Phi) is 3.68. The second-order valence-electron chi connectivity index (χ2n) is 4.45. The summed E-state index contributed by atoms with van der Waals surface area (Å²) in [5.41, 5.74) is 4.54. The molecular weight excluding hydrogens is 282 g/mol. The van der Waals surface area contributed by atoms with Gasteiger partial charge in [0, 0.05) is 12.6 Å². The van der Waals surface area contributed by atoms with E-state index in [1.807, 2.05) is 0 Å². The van der Waals surface area contributed by atoms with Crippen molar-refractivity contribution in [1.29, 1.82) is 0 Å². The van der Waals surface area contributed by atoms with Crippen LogP contribution in [-0.4, -0.2) is 45.3 Å². The monoisotopic (exact) mass is 293 g/mol. The van der Waals surface area contributed by atoms with E-state index >= 15 is 0 Å². The number of nitro benzene ring substituents is 1. The SMILES string of the molecule is N[C@@H](CCN1C(=O)c2cccc([N+](=O)[O-])c2C1=O)C(=O)O. The number of aliphatic carboxylic acids is 1. The lowest BCUT2D eigenvalue weighted by Gasteiger charge is -2.14. The first-order valence-corrected chi connectivity index (χ1v) is 5.96. The first-order valence-electron chi connectivity index (χ1n) is 5.96. The van der Waals surface area contributed by atoms with Crippen molar-refractivity contribution < 1.29 is 24.4 Å². The van der Waals surface area contributed by atoms with Crippen molar-refractivity contribution in [3.8, 4) is 0 Å². The number of carboxylic acids is 1. The maximum Gasteiger partial charge on any atom is 0.320 e. The molecule has 1 aliphatic heterocycles. The molecular formula is C12H11N3O6. The number of carboxylic acid groups (broad SMARTS) is 1. The molecule has 1 atom stereocenters. The summed E-state index contributed by atoms with van der Waals surface area (Å²) in [6.45, 7) is -0.211. The van der Waals surface area contributed by atoms with Crippen molar-refractivity contribution >= 4 is 23.5 Å². The van der Waals surface area contributed by atoms with Crippen LogP contribution in [0.2, 0.25) is 0 Å². The third-order valence-corrected chi connectivity index (χ3v) is 3.15. The predicted molar refractivity (Wildman–Crippen MR) is 68.7 cm³/mol. The molecule has 1 aromatic carbocycles. The maximum atomic E-state index is 12.1. The zero-order chi connectivity index (χ0) is 15.7. The van der Waals surface area contributed by atoms with Crippen LogP contribution in [0.4, 0.5) is 5.69 Å². The molecule has 0 spiro atoms. The molecule has 1 aromatic rings. The quantitative estimate of drug-likeness (QED) is 0.441. The van der Waals surface area contributed by atoms with E-state index in [-0.39, 0.29) is 24.1 Å². The van der Waals surface area contributed by atoms with Gasteiger partial charge in [0.2, 0.25) is 0 Å². The van der Waals surface area contributed by atoms with E-state index < -0.39 is 34.4 Å². The van der Waals surface area contributed by atoms with Crippen molar-refractivity contribution in [2.45, 2.75) is 12.5 Å². The number of imide groups is 1. The summed E-state index contributed by atoms with van der Waals surface area (Å²) in [5, 5.41) is 19.6. The molecule has 2 rings (SSSR count). The number of carbonyl (C=O) groups is 3. The lowest BCUT2D eigenvalue weighted by Crippen LogP contribution is -2.37. The van der Waals surface area contributed by atoms with Crippen LogP contribution in [0.3, 0.4) is 0 Å². The summed E-state index contributed by atoms with van der Waals surface area (Å²) in [4.78, 5) is 45.8. The number of hydrogen-bond donors (Lipinski definition) is 2. The predicted octanol–water partition coefficient (Wildman–Crippen LogP) is -0.00720. The first kappa shape index (κ1) is 14.6. The standard InChI is InChI=1S/C12H11N3O6/c13-7(12(18)19)4-5-14-10(16)6-2-1-3-8(15(20)21)9(6)11(14)17/h1-3,7H,4-5,13H2,(H,18,19)/t7-/m0/s1. The zero-order valence-corrected chi connectivity index (χ0v) is 10.7. The zero-order valence-electron chi connectivity index (χ0n) is 10.7. The summed E-state index contributed by atoms with van der Waals surface area (Å²) in [5.74, 6) is -2.74. The fourth-order valence-electron chi connectivity index (χ4n) is 2.06. The highest BCUT2D eigenvalue weighted by Crippen LogP contribution is 2.30. The Balaban J connectivity index is 2.28. The van der Waals surface area contributed by atoms with Crippen molar-refractivity contribution in [2.24, 2.45) is 5.73 Å². The molecule has 0 radical (unpaired) electrons. The summed E-state index contributed by atoms with van der Waals surface area (Å²) in [7, 11) is 0. The van der Waals surface area contributed by atoms with Gasteiger partial charge in [-0.05, 0) is 12.5 Å². The summed E-state index contributed by atoms with van der Waals surface area (Å²) in [6.07, 6.45) is -0.130. The van der Waals surface area contributed by atoms with Crippen LogP contribution in [-0.2, 0) is 4.79 Å². The van der Waals surface area contributed by atoms with Gasteiger partial charge >= 0.3 is 5.97 Å². The van der Waals surface area contributed by atoms with Gasteiger partial charge in [-0.3, -0.25) is 29.4 Å². The third-order valence-electron chi connectivity index (χ3n) is 3.15. The number of hydrogen-bond acceptors (Lipinski definition) is 6. The molecule has 0 bridgehead atoms. The van der Waals surface area contributed by atoms with Gasteiger partial charge in [0.15, 0.2) is 0 Å². The van der Waals surface area contributed by atoms with Crippen molar-refractivity contribution in [3.63, 3.8) is 0 Å². The minimum absolute atomic E-state index is 0.0573. The molecule has 1 aliphatic rings. The van der Waals surface area contributed by atoms with Crippen LogP contribution in [0, 0.1) is 10.1 Å². The second-order valence-corrected chi connectivity index (χ2v) is 4.45. The summed E-state index contributed by atoms with van der Waals surface area (Å²) in [6, 6.07) is 2.55. The van der Waals surface area contributed by atoms with Crippen LogP contribution in [0.1, 0.15) is 27.1 Å². The lowest BCUT2D eigenvalue weighted by atomic mass is 10.1. The van der Waals surface area contributed by atoms with Crippen molar-refractivity contribution in [3.05, 3.63) is 39.4 Å². The maximum absolute atomic E-state index is 12.1. The number of carbonyl (C=O) groups excluding carboxylic acids is 2. The number of rotatable bonds is 5. The number of nitro groups is 1. The van der Waals surface area contributed by atoms with E-state index in [4.69, 9.17) is 10.8 Å². The molecule has 0 aliphatic carbocycles. The highest BCUT2D eigenvalue weighted by atomic mass is 16.6. The van der Waals surface area contributed by atoms with E-state index in [1.54, 1.807) is 0 Å². The Morgan fingerprint density at radius 2 is 2.05 bits per heavy atom. The van der Waals surface area contributed by atoms with Gasteiger partial charge in [0.25, 0.3) is 17.5 Å². The Hall–Kier alpha value is -2.81. The summed E-state index contributed by atoms with van der Waals surface area (Å²) >= 11 is 0. The summed E-state index contributed by atoms with van der Waals surface area (Å²) < 4.78 is 0. The highest BCUT2D eigenvalue weighted by Gasteiger charge is 2.40. The Morgan fingerprint density at radius 1 is 1.38 bits per heavy atom. The van der Waals surface area contributed by atoms with Crippen molar-refractivity contribution in [2.75, 3.05) is 6.54 Å². The molecule has 2 amide bonds. The molecule has 0 aromatic heterocycles. The number of benzene rings is 1. The Morgan fingerprint density at radius 3 is 2.62 bits per heavy atom. The molecule has 1 heterocycles. The Bertz CT molecular complexity index is 656. The van der Waals surface area contributed by atoms with Gasteiger partial charge in [0.1, 0.15) is 11.6 Å². The molecule has 0 saturated carbocycles. The van der Waals surface area contributed by atoms with Gasteiger partial charge in [-0.25, -0.2) is 0 Å². The lowest BCUT2D eigenvalue weighted by molar-refractivity contribution is -0.385. The van der Waals surface area contributed by atoms with Gasteiger partial charge in [-0.15, -0.1) is 0 Å². The van der Waals surface area contributed by atoms with Gasteiger partial charge < -0.3 is 10.8 Å². The molecule has 0 saturated heterocycles. The topological polar surface area (TPSA) is 144 Å². The fraction of sp³-hybridized carbons (Fsp3) is 0.250. The fourth-order valence-corrected chi connectivity index (χ4v) is 2.06. The van der Waals surface area contributed by atoms with Crippen LogP contribution in [0.25, 0.3) is 0 Å². The van der Waals surface area contributed by atoms with Crippen molar-refractivity contribution in [1.82, 2.24) is 4.90 Å². The molecule has 0 fully saturated rings. The van der Waals surface area contributed by atoms with Gasteiger partial charge in [-0.1, -0.05) is 6.07 Å². The number of fused-ring (bicyclic) bond motifs is 1. The van der Waals surface area contributed by atoms with Crippen LogP contribution >= 0.6 is 0 Å². The van der Waals surface area contributed by atoms with Crippen LogP contribution in [0.5, 0.6) is 0 Å². The van der Waals surface area contributed by atoms with Gasteiger partial charge in [0.05, 0.1) is 10.5 Å². The van der Waals surface area contributed by atoms with Crippen LogP contribution < -0.4 is 5.73 Å². The first-order chi connectivity index (χ1) is 9.84. The Labute approximate surface area is 118 Å². The van der Waals surface area contributed by atoms with E-state index in [0.29, 0.717) is 0 Å². The number of nitrogens with zero attached hydrogens (tertiary/aromatic N) is 2. The third kappa shape index (κ3) is 2.46. The minimum Gasteiger partial charge on any atom is -0.480 e. The molecule has 0 unspecified atom stereocenters. The molecule has 9 nitrogen and oxygen atoms in total.